The molecule has 2 nitrogen and oxygen atoms in total. The molecule has 1 aliphatic carbocycles. The Morgan fingerprint density at radius 2 is 1.95 bits per heavy atom. The zero-order valence-corrected chi connectivity index (χ0v) is 11.5. The molecule has 0 spiro atoms. The maximum atomic E-state index is 13.2. The van der Waals surface area contributed by atoms with Gasteiger partial charge in [-0.15, -0.1) is 0 Å². The minimum absolute atomic E-state index is 0.00782. The molecule has 2 atom stereocenters. The Bertz CT molecular complexity index is 723. The molecule has 106 valence electrons. The van der Waals surface area contributed by atoms with Gasteiger partial charge in [-0.3, -0.25) is 4.79 Å². The first kappa shape index (κ1) is 12.6. The van der Waals surface area contributed by atoms with Gasteiger partial charge in [0.15, 0.2) is 5.78 Å². The molecule has 0 radical (unpaired) electrons. The highest BCUT2D eigenvalue weighted by Crippen LogP contribution is 2.35. The van der Waals surface area contributed by atoms with Crippen molar-refractivity contribution in [1.82, 2.24) is 0 Å². The molecule has 0 bridgehead atoms. The van der Waals surface area contributed by atoms with Crippen LogP contribution in [0.15, 0.2) is 42.5 Å². The Morgan fingerprint density at radius 1 is 1.10 bits per heavy atom. The van der Waals surface area contributed by atoms with Crippen molar-refractivity contribution >= 4 is 5.78 Å². The number of benzene rings is 2. The maximum Gasteiger partial charge on any atom is 0.166 e. The molecule has 1 aliphatic heterocycles. The van der Waals surface area contributed by atoms with Crippen LogP contribution in [0.3, 0.4) is 0 Å². The lowest BCUT2D eigenvalue weighted by molar-refractivity contribution is 0.0892. The predicted molar refractivity (Wildman–Crippen MR) is 77.1 cm³/mol. The fourth-order valence-corrected chi connectivity index (χ4v) is 3.44. The molecular formula is C18H15FO2. The molecule has 0 fully saturated rings. The van der Waals surface area contributed by atoms with Gasteiger partial charge in [-0.25, -0.2) is 4.39 Å². The molecule has 4 rings (SSSR count). The zero-order chi connectivity index (χ0) is 14.4. The number of ketones is 1. The molecule has 21 heavy (non-hydrogen) atoms. The zero-order valence-electron chi connectivity index (χ0n) is 11.5. The highest BCUT2D eigenvalue weighted by molar-refractivity contribution is 6.02. The molecular weight excluding hydrogens is 267 g/mol. The van der Waals surface area contributed by atoms with Crippen molar-refractivity contribution in [3.8, 4) is 5.75 Å². The Morgan fingerprint density at radius 3 is 2.81 bits per heavy atom. The molecule has 3 heteroatoms. The van der Waals surface area contributed by atoms with Crippen molar-refractivity contribution in [3.05, 3.63) is 65.0 Å². The van der Waals surface area contributed by atoms with Gasteiger partial charge in [0.25, 0.3) is 0 Å². The maximum absolute atomic E-state index is 13.2. The van der Waals surface area contributed by atoms with E-state index in [1.807, 2.05) is 24.3 Å². The van der Waals surface area contributed by atoms with Gasteiger partial charge in [-0.05, 0) is 36.6 Å². The molecule has 0 aromatic heterocycles. The molecule has 1 heterocycles. The number of carbonyl (C=O) groups is 1. The lowest BCUT2D eigenvalue weighted by atomic mass is 9.95. The van der Waals surface area contributed by atoms with Gasteiger partial charge in [0.1, 0.15) is 17.7 Å². The first-order valence-corrected chi connectivity index (χ1v) is 7.28. The Labute approximate surface area is 122 Å². The van der Waals surface area contributed by atoms with Crippen molar-refractivity contribution in [1.29, 1.82) is 0 Å². The smallest absolute Gasteiger partial charge is 0.166 e. The monoisotopic (exact) mass is 282 g/mol. The summed E-state index contributed by atoms with van der Waals surface area (Å²) in [5, 5.41) is 0. The van der Waals surface area contributed by atoms with Crippen LogP contribution in [0.4, 0.5) is 4.39 Å². The summed E-state index contributed by atoms with van der Waals surface area (Å²) in [6.45, 7) is 0. The van der Waals surface area contributed by atoms with E-state index in [2.05, 4.69) is 0 Å². The number of ether oxygens (including phenoxy) is 1. The van der Waals surface area contributed by atoms with E-state index in [1.165, 1.54) is 12.1 Å². The van der Waals surface area contributed by atoms with E-state index in [-0.39, 0.29) is 23.6 Å². The molecule has 0 N–H and O–H groups in total. The van der Waals surface area contributed by atoms with E-state index in [0.717, 1.165) is 28.9 Å². The van der Waals surface area contributed by atoms with Crippen molar-refractivity contribution in [2.24, 2.45) is 5.92 Å². The Hall–Kier alpha value is -2.16. The van der Waals surface area contributed by atoms with Crippen LogP contribution in [0.2, 0.25) is 0 Å². The predicted octanol–water partition coefficient (Wildman–Crippen LogP) is 3.57. The molecule has 0 saturated carbocycles. The SMILES string of the molecule is O=C1c2ccccc2CC1CC1Cc2cc(F)ccc2O1. The third kappa shape index (κ3) is 2.13. The molecule has 0 amide bonds. The number of hydrogen-bond acceptors (Lipinski definition) is 2. The van der Waals surface area contributed by atoms with Gasteiger partial charge in [0.05, 0.1) is 0 Å². The fraction of sp³-hybridized carbons (Fsp3) is 0.278. The van der Waals surface area contributed by atoms with Crippen LogP contribution in [-0.4, -0.2) is 11.9 Å². The van der Waals surface area contributed by atoms with Gasteiger partial charge in [0.2, 0.25) is 0 Å². The van der Waals surface area contributed by atoms with Crippen LogP contribution in [0.25, 0.3) is 0 Å². The number of Topliss-reactive ketones (excluding diaryl/α,β-unsaturated/α-hetero) is 1. The first-order valence-electron chi connectivity index (χ1n) is 7.28. The summed E-state index contributed by atoms with van der Waals surface area (Å²) < 4.78 is 19.1. The third-order valence-corrected chi connectivity index (χ3v) is 4.43. The minimum Gasteiger partial charge on any atom is -0.490 e. The minimum atomic E-state index is -0.234. The molecule has 2 aromatic rings. The lowest BCUT2D eigenvalue weighted by Gasteiger charge is -2.14. The summed E-state index contributed by atoms with van der Waals surface area (Å²) in [7, 11) is 0. The molecule has 2 aromatic carbocycles. The number of fused-ring (bicyclic) bond motifs is 2. The van der Waals surface area contributed by atoms with Gasteiger partial charge < -0.3 is 4.74 Å². The standard InChI is InChI=1S/C18H15FO2/c19-14-5-6-17-12(8-14)9-15(21-17)10-13-7-11-3-1-2-4-16(11)18(13)20/h1-6,8,13,15H,7,9-10H2. The summed E-state index contributed by atoms with van der Waals surface area (Å²) in [4.78, 5) is 12.4. The third-order valence-electron chi connectivity index (χ3n) is 4.43. The van der Waals surface area contributed by atoms with E-state index in [9.17, 15) is 9.18 Å². The fourth-order valence-electron chi connectivity index (χ4n) is 3.44. The van der Waals surface area contributed by atoms with Crippen LogP contribution in [0, 0.1) is 11.7 Å². The normalized spacial score (nSPS) is 22.8. The first-order chi connectivity index (χ1) is 10.2. The van der Waals surface area contributed by atoms with Crippen LogP contribution in [-0.2, 0) is 12.8 Å². The van der Waals surface area contributed by atoms with E-state index in [1.54, 1.807) is 6.07 Å². The van der Waals surface area contributed by atoms with E-state index in [4.69, 9.17) is 4.74 Å². The van der Waals surface area contributed by atoms with E-state index < -0.39 is 0 Å². The average molecular weight is 282 g/mol. The van der Waals surface area contributed by atoms with Crippen molar-refractivity contribution in [3.63, 3.8) is 0 Å². The van der Waals surface area contributed by atoms with Crippen molar-refractivity contribution in [2.45, 2.75) is 25.4 Å². The summed E-state index contributed by atoms with van der Waals surface area (Å²) >= 11 is 0. The van der Waals surface area contributed by atoms with Gasteiger partial charge >= 0.3 is 0 Å². The second kappa shape index (κ2) is 4.69. The largest absolute Gasteiger partial charge is 0.490 e. The highest BCUT2D eigenvalue weighted by atomic mass is 19.1. The molecule has 0 saturated heterocycles. The summed E-state index contributed by atoms with van der Waals surface area (Å²) in [6, 6.07) is 12.4. The topological polar surface area (TPSA) is 26.3 Å². The number of halogens is 1. The highest BCUT2D eigenvalue weighted by Gasteiger charge is 2.34. The van der Waals surface area contributed by atoms with Gasteiger partial charge in [-0.1, -0.05) is 24.3 Å². The quantitative estimate of drug-likeness (QED) is 0.841. The van der Waals surface area contributed by atoms with Crippen LogP contribution < -0.4 is 4.74 Å². The molecule has 2 aliphatic rings. The summed E-state index contributed by atoms with van der Waals surface area (Å²) in [6.07, 6.45) is 2.15. The summed E-state index contributed by atoms with van der Waals surface area (Å²) in [5.74, 6) is 0.731. The average Bonchev–Trinajstić information content (AvgIpc) is 3.01. The Balaban J connectivity index is 1.49. The van der Waals surface area contributed by atoms with Crippen molar-refractivity contribution in [2.75, 3.05) is 0 Å². The van der Waals surface area contributed by atoms with Gasteiger partial charge in [-0.2, -0.15) is 0 Å². The van der Waals surface area contributed by atoms with Crippen LogP contribution in [0.1, 0.15) is 27.9 Å². The summed E-state index contributed by atoms with van der Waals surface area (Å²) in [5.41, 5.74) is 2.89. The van der Waals surface area contributed by atoms with E-state index in [0.29, 0.717) is 12.8 Å². The van der Waals surface area contributed by atoms with Crippen LogP contribution >= 0.6 is 0 Å². The Kier molecular flexibility index (Phi) is 2.81. The number of carbonyl (C=O) groups excluding carboxylic acids is 1. The van der Waals surface area contributed by atoms with Crippen molar-refractivity contribution < 1.29 is 13.9 Å². The number of rotatable bonds is 2. The second-order valence-corrected chi connectivity index (χ2v) is 5.85. The van der Waals surface area contributed by atoms with E-state index >= 15 is 0 Å². The van der Waals surface area contributed by atoms with Crippen LogP contribution in [0.5, 0.6) is 5.75 Å². The van der Waals surface area contributed by atoms with Gasteiger partial charge in [0, 0.05) is 23.5 Å². The number of hydrogen-bond donors (Lipinski definition) is 0. The second-order valence-electron chi connectivity index (χ2n) is 5.85. The molecule has 2 unspecified atom stereocenters. The lowest BCUT2D eigenvalue weighted by Crippen LogP contribution is -2.21.